The van der Waals surface area contributed by atoms with Gasteiger partial charge in [-0.2, -0.15) is 5.10 Å². The van der Waals surface area contributed by atoms with Gasteiger partial charge >= 0.3 is 0 Å². The number of fused-ring (bicyclic) bond motifs is 1. The van der Waals surface area contributed by atoms with Crippen LogP contribution in [-0.2, 0) is 6.54 Å². The van der Waals surface area contributed by atoms with Crippen LogP contribution in [0.15, 0.2) is 34.5 Å². The third-order valence-corrected chi connectivity index (χ3v) is 3.33. The Morgan fingerprint density at radius 2 is 2.12 bits per heavy atom. The SMILES string of the molecule is CC(C)=NN=c1sc2ccccc2n1CCN. The summed E-state index contributed by atoms with van der Waals surface area (Å²) in [6, 6.07) is 8.24. The molecule has 1 heterocycles. The van der Waals surface area contributed by atoms with E-state index in [4.69, 9.17) is 5.73 Å². The lowest BCUT2D eigenvalue weighted by atomic mass is 10.3. The molecule has 17 heavy (non-hydrogen) atoms. The molecule has 0 aliphatic rings. The van der Waals surface area contributed by atoms with Gasteiger partial charge in [-0.1, -0.05) is 23.5 Å². The molecule has 0 saturated carbocycles. The van der Waals surface area contributed by atoms with Crippen LogP contribution < -0.4 is 10.5 Å². The molecule has 2 aromatic rings. The number of benzene rings is 1. The summed E-state index contributed by atoms with van der Waals surface area (Å²) in [5, 5.41) is 8.40. The van der Waals surface area contributed by atoms with Crippen LogP contribution in [0.1, 0.15) is 13.8 Å². The van der Waals surface area contributed by atoms with E-state index in [0.29, 0.717) is 6.54 Å². The zero-order chi connectivity index (χ0) is 12.3. The third-order valence-electron chi connectivity index (χ3n) is 2.28. The lowest BCUT2D eigenvalue weighted by molar-refractivity contribution is 0.706. The van der Waals surface area contributed by atoms with Crippen molar-refractivity contribution in [3.05, 3.63) is 29.1 Å². The molecule has 5 heteroatoms. The van der Waals surface area contributed by atoms with Crippen molar-refractivity contribution in [1.29, 1.82) is 0 Å². The Morgan fingerprint density at radius 1 is 1.35 bits per heavy atom. The van der Waals surface area contributed by atoms with Crippen LogP contribution in [0, 0.1) is 0 Å². The van der Waals surface area contributed by atoms with E-state index in [0.717, 1.165) is 17.1 Å². The molecule has 0 fully saturated rings. The smallest absolute Gasteiger partial charge is 0.211 e. The Labute approximate surface area is 104 Å². The van der Waals surface area contributed by atoms with Crippen molar-refractivity contribution in [3.8, 4) is 0 Å². The summed E-state index contributed by atoms with van der Waals surface area (Å²) in [5.41, 5.74) is 7.76. The molecule has 1 aromatic carbocycles. The summed E-state index contributed by atoms with van der Waals surface area (Å²) >= 11 is 1.64. The average molecular weight is 248 g/mol. The van der Waals surface area contributed by atoms with Crippen molar-refractivity contribution in [3.63, 3.8) is 0 Å². The van der Waals surface area contributed by atoms with Crippen molar-refractivity contribution in [2.45, 2.75) is 20.4 Å². The van der Waals surface area contributed by atoms with Gasteiger partial charge in [0.25, 0.3) is 0 Å². The number of aromatic nitrogens is 1. The molecule has 0 atom stereocenters. The second kappa shape index (κ2) is 5.25. The molecule has 0 unspecified atom stereocenters. The molecule has 0 saturated heterocycles. The highest BCUT2D eigenvalue weighted by Crippen LogP contribution is 2.16. The largest absolute Gasteiger partial charge is 0.329 e. The first-order chi connectivity index (χ1) is 8.22. The highest BCUT2D eigenvalue weighted by Gasteiger charge is 2.03. The van der Waals surface area contributed by atoms with Crippen molar-refractivity contribution in [1.82, 2.24) is 4.57 Å². The summed E-state index contributed by atoms with van der Waals surface area (Å²) in [6.07, 6.45) is 0. The number of para-hydroxylation sites is 1. The first-order valence-electron chi connectivity index (χ1n) is 5.55. The summed E-state index contributed by atoms with van der Waals surface area (Å²) in [5.74, 6) is 0. The number of thiazole rings is 1. The van der Waals surface area contributed by atoms with Crippen molar-refractivity contribution < 1.29 is 0 Å². The van der Waals surface area contributed by atoms with Gasteiger partial charge in [-0.3, -0.25) is 0 Å². The molecule has 0 spiro atoms. The molecule has 0 aliphatic heterocycles. The van der Waals surface area contributed by atoms with Crippen LogP contribution in [0.3, 0.4) is 0 Å². The molecule has 0 bridgehead atoms. The minimum absolute atomic E-state index is 0.600. The average Bonchev–Trinajstić information content (AvgIpc) is 2.66. The van der Waals surface area contributed by atoms with Gasteiger partial charge in [0.1, 0.15) is 0 Å². The van der Waals surface area contributed by atoms with E-state index < -0.39 is 0 Å². The Hall–Kier alpha value is -1.46. The molecule has 2 rings (SSSR count). The fourth-order valence-corrected chi connectivity index (χ4v) is 2.59. The second-order valence-electron chi connectivity index (χ2n) is 3.94. The van der Waals surface area contributed by atoms with Gasteiger partial charge in [0.2, 0.25) is 4.80 Å². The second-order valence-corrected chi connectivity index (χ2v) is 4.95. The van der Waals surface area contributed by atoms with Crippen LogP contribution in [0.4, 0.5) is 0 Å². The number of hydrogen-bond donors (Lipinski definition) is 1. The summed E-state index contributed by atoms with van der Waals surface area (Å²) < 4.78 is 3.33. The van der Waals surface area contributed by atoms with Gasteiger partial charge < -0.3 is 10.3 Å². The monoisotopic (exact) mass is 248 g/mol. The maximum Gasteiger partial charge on any atom is 0.211 e. The quantitative estimate of drug-likeness (QED) is 0.655. The van der Waals surface area contributed by atoms with Crippen LogP contribution >= 0.6 is 11.3 Å². The third kappa shape index (κ3) is 2.62. The minimum atomic E-state index is 0.600. The molecule has 0 radical (unpaired) electrons. The van der Waals surface area contributed by atoms with Gasteiger partial charge in [-0.05, 0) is 26.0 Å². The zero-order valence-electron chi connectivity index (χ0n) is 10.1. The molecule has 0 amide bonds. The lowest BCUT2D eigenvalue weighted by Crippen LogP contribution is -2.19. The van der Waals surface area contributed by atoms with E-state index in [2.05, 4.69) is 26.9 Å². The number of nitrogens with two attached hydrogens (primary N) is 1. The molecular weight excluding hydrogens is 232 g/mol. The predicted octanol–water partition coefficient (Wildman–Crippen LogP) is 1.96. The van der Waals surface area contributed by atoms with Crippen LogP contribution in [-0.4, -0.2) is 16.8 Å². The van der Waals surface area contributed by atoms with E-state index in [1.807, 2.05) is 26.0 Å². The molecule has 4 nitrogen and oxygen atoms in total. The van der Waals surface area contributed by atoms with Gasteiger partial charge in [-0.25, -0.2) is 0 Å². The topological polar surface area (TPSA) is 55.7 Å². The normalized spacial score (nSPS) is 12.1. The Kier molecular flexibility index (Phi) is 3.71. The first-order valence-corrected chi connectivity index (χ1v) is 6.37. The summed E-state index contributed by atoms with van der Waals surface area (Å²) in [7, 11) is 0. The Morgan fingerprint density at radius 3 is 2.82 bits per heavy atom. The van der Waals surface area contributed by atoms with E-state index in [1.54, 1.807) is 11.3 Å². The van der Waals surface area contributed by atoms with E-state index in [1.165, 1.54) is 10.2 Å². The van der Waals surface area contributed by atoms with Crippen molar-refractivity contribution in [2.75, 3.05) is 6.54 Å². The number of rotatable bonds is 3. The fourth-order valence-electron chi connectivity index (χ4n) is 1.59. The zero-order valence-corrected chi connectivity index (χ0v) is 10.9. The van der Waals surface area contributed by atoms with Gasteiger partial charge in [-0.15, -0.1) is 5.10 Å². The minimum Gasteiger partial charge on any atom is -0.329 e. The summed E-state index contributed by atoms with van der Waals surface area (Å²) in [6.45, 7) is 5.23. The van der Waals surface area contributed by atoms with E-state index >= 15 is 0 Å². The predicted molar refractivity (Wildman–Crippen MR) is 73.2 cm³/mol. The number of hydrogen-bond acceptors (Lipinski definition) is 4. The van der Waals surface area contributed by atoms with Crippen molar-refractivity contribution in [2.24, 2.45) is 15.9 Å². The molecule has 2 N–H and O–H groups in total. The van der Waals surface area contributed by atoms with Gasteiger partial charge in [0.05, 0.1) is 10.2 Å². The van der Waals surface area contributed by atoms with Crippen LogP contribution in [0.5, 0.6) is 0 Å². The maximum absolute atomic E-state index is 5.64. The fraction of sp³-hybridized carbons (Fsp3) is 0.333. The molecular formula is C12H16N4S. The van der Waals surface area contributed by atoms with E-state index in [-0.39, 0.29) is 0 Å². The standard InChI is InChI=1S/C12H16N4S/c1-9(2)14-15-12-16(8-7-13)10-5-3-4-6-11(10)17-12/h3-6H,7-8,13H2,1-2H3. The van der Waals surface area contributed by atoms with Crippen LogP contribution in [0.2, 0.25) is 0 Å². The lowest BCUT2D eigenvalue weighted by Gasteiger charge is -2.01. The van der Waals surface area contributed by atoms with Crippen LogP contribution in [0.25, 0.3) is 10.2 Å². The van der Waals surface area contributed by atoms with E-state index in [9.17, 15) is 0 Å². The first kappa shape index (κ1) is 12.0. The van der Waals surface area contributed by atoms with Crippen molar-refractivity contribution >= 4 is 27.3 Å². The highest BCUT2D eigenvalue weighted by atomic mass is 32.1. The highest BCUT2D eigenvalue weighted by molar-refractivity contribution is 7.16. The van der Waals surface area contributed by atoms with Gasteiger partial charge in [0, 0.05) is 18.8 Å². The molecule has 0 aliphatic carbocycles. The summed E-state index contributed by atoms with van der Waals surface area (Å²) in [4.78, 5) is 0.901. The molecule has 1 aromatic heterocycles. The number of nitrogens with zero attached hydrogens (tertiary/aromatic N) is 3. The Balaban J connectivity index is 2.65. The van der Waals surface area contributed by atoms with Gasteiger partial charge in [0.15, 0.2) is 0 Å². The molecule has 90 valence electrons. The maximum atomic E-state index is 5.64. The Bertz CT molecular complexity index is 602.